The fourth-order valence-electron chi connectivity index (χ4n) is 2.78. The van der Waals surface area contributed by atoms with E-state index in [-0.39, 0.29) is 5.91 Å². The predicted octanol–water partition coefficient (Wildman–Crippen LogP) is 1.76. The Bertz CT molecular complexity index is 286. The Hall–Kier alpha value is -0.610. The van der Waals surface area contributed by atoms with Gasteiger partial charge in [-0.25, -0.2) is 5.84 Å². The van der Waals surface area contributed by atoms with E-state index in [1.807, 2.05) is 13.8 Å². The molecule has 0 aromatic rings. The van der Waals surface area contributed by atoms with Crippen LogP contribution in [0.4, 0.5) is 0 Å². The summed E-state index contributed by atoms with van der Waals surface area (Å²) in [6.07, 6.45) is 2.45. The van der Waals surface area contributed by atoms with Crippen molar-refractivity contribution < 1.29 is 4.79 Å². The molecule has 1 rings (SSSR count). The second kappa shape index (κ2) is 5.57. The lowest BCUT2D eigenvalue weighted by Crippen LogP contribution is -2.49. The molecular weight excluding hydrogens is 226 g/mol. The molecule has 1 saturated heterocycles. The van der Waals surface area contributed by atoms with Gasteiger partial charge in [0.25, 0.3) is 0 Å². The minimum Gasteiger partial charge on any atom is -0.302 e. The molecule has 1 aliphatic rings. The van der Waals surface area contributed by atoms with Crippen molar-refractivity contribution in [1.29, 1.82) is 0 Å². The lowest BCUT2D eigenvalue weighted by Gasteiger charge is -2.40. The number of likely N-dealkylation sites (tertiary alicyclic amines) is 1. The van der Waals surface area contributed by atoms with E-state index < -0.39 is 5.41 Å². The van der Waals surface area contributed by atoms with Gasteiger partial charge in [-0.3, -0.25) is 10.2 Å². The number of hydrogen-bond donors (Lipinski definition) is 2. The van der Waals surface area contributed by atoms with E-state index in [1.165, 1.54) is 12.8 Å². The summed E-state index contributed by atoms with van der Waals surface area (Å²) in [7, 11) is 0. The summed E-state index contributed by atoms with van der Waals surface area (Å²) in [6.45, 7) is 13.8. The van der Waals surface area contributed by atoms with Crippen LogP contribution in [0.2, 0.25) is 0 Å². The van der Waals surface area contributed by atoms with E-state index in [0.717, 1.165) is 25.6 Å². The topological polar surface area (TPSA) is 58.4 Å². The first-order valence-electron chi connectivity index (χ1n) is 6.90. The molecule has 0 aliphatic carbocycles. The van der Waals surface area contributed by atoms with Crippen molar-refractivity contribution in [3.63, 3.8) is 0 Å². The lowest BCUT2D eigenvalue weighted by molar-refractivity contribution is -0.130. The number of nitrogens with one attached hydrogen (secondary N) is 1. The zero-order chi connectivity index (χ0) is 14.0. The van der Waals surface area contributed by atoms with Crippen LogP contribution in [-0.4, -0.2) is 30.4 Å². The van der Waals surface area contributed by atoms with Crippen molar-refractivity contribution in [3.8, 4) is 0 Å². The Labute approximate surface area is 111 Å². The average molecular weight is 255 g/mol. The second-order valence-corrected chi connectivity index (χ2v) is 7.27. The van der Waals surface area contributed by atoms with Crippen LogP contribution < -0.4 is 11.3 Å². The van der Waals surface area contributed by atoms with Crippen LogP contribution in [0.3, 0.4) is 0 Å². The molecule has 0 atom stereocenters. The van der Waals surface area contributed by atoms with Crippen LogP contribution in [0, 0.1) is 16.7 Å². The van der Waals surface area contributed by atoms with Gasteiger partial charge in [-0.2, -0.15) is 0 Å². The molecule has 18 heavy (non-hydrogen) atoms. The van der Waals surface area contributed by atoms with Crippen LogP contribution >= 0.6 is 0 Å². The Morgan fingerprint density at radius 3 is 2.11 bits per heavy atom. The molecule has 1 aliphatic heterocycles. The average Bonchev–Trinajstić information content (AvgIpc) is 2.26. The van der Waals surface area contributed by atoms with Crippen molar-refractivity contribution in [2.75, 3.05) is 19.6 Å². The van der Waals surface area contributed by atoms with Gasteiger partial charge in [0.05, 0.1) is 5.41 Å². The Morgan fingerprint density at radius 1 is 1.22 bits per heavy atom. The molecular formula is C14H29N3O. The van der Waals surface area contributed by atoms with Gasteiger partial charge in [-0.1, -0.05) is 20.8 Å². The number of piperidine rings is 1. The fraction of sp³-hybridized carbons (Fsp3) is 0.929. The maximum absolute atomic E-state index is 11.7. The maximum atomic E-state index is 11.7. The van der Waals surface area contributed by atoms with Crippen molar-refractivity contribution in [2.45, 2.75) is 47.5 Å². The zero-order valence-corrected chi connectivity index (χ0v) is 12.5. The number of carbonyl (C=O) groups is 1. The maximum Gasteiger partial charge on any atom is 0.240 e. The molecule has 4 nitrogen and oxygen atoms in total. The first-order valence-corrected chi connectivity index (χ1v) is 6.90. The summed E-state index contributed by atoms with van der Waals surface area (Å²) in [6, 6.07) is 0. The number of nitrogens with zero attached hydrogens (tertiary/aromatic N) is 1. The van der Waals surface area contributed by atoms with Crippen molar-refractivity contribution in [3.05, 3.63) is 0 Å². The Morgan fingerprint density at radius 2 is 1.72 bits per heavy atom. The number of hydrazine groups is 1. The first kappa shape index (κ1) is 15.4. The van der Waals surface area contributed by atoms with Crippen LogP contribution in [-0.2, 0) is 4.79 Å². The molecule has 3 N–H and O–H groups in total. The summed E-state index contributed by atoms with van der Waals surface area (Å²) in [5.41, 5.74) is 2.25. The largest absolute Gasteiger partial charge is 0.302 e. The van der Waals surface area contributed by atoms with Crippen molar-refractivity contribution >= 4 is 5.91 Å². The van der Waals surface area contributed by atoms with Crippen molar-refractivity contribution in [1.82, 2.24) is 10.3 Å². The third-order valence-corrected chi connectivity index (χ3v) is 4.18. The monoisotopic (exact) mass is 255 g/mol. The quantitative estimate of drug-likeness (QED) is 0.459. The molecule has 0 aromatic carbocycles. The highest BCUT2D eigenvalue weighted by Crippen LogP contribution is 2.34. The SMILES string of the molecule is CC(C)(CN1CCC(C(C)(C)C)CC1)C(=O)NN. The van der Waals surface area contributed by atoms with Gasteiger partial charge >= 0.3 is 0 Å². The number of carbonyl (C=O) groups excluding carboxylic acids is 1. The van der Waals surface area contributed by atoms with Crippen LogP contribution in [0.1, 0.15) is 47.5 Å². The van der Waals surface area contributed by atoms with Gasteiger partial charge in [-0.15, -0.1) is 0 Å². The standard InChI is InChI=1S/C14H29N3O/c1-13(2,3)11-6-8-17(9-7-11)10-14(4,5)12(18)16-15/h11H,6-10,15H2,1-5H3,(H,16,18). The summed E-state index contributed by atoms with van der Waals surface area (Å²) >= 11 is 0. The second-order valence-electron chi connectivity index (χ2n) is 7.27. The molecule has 0 spiro atoms. The summed E-state index contributed by atoms with van der Waals surface area (Å²) in [4.78, 5) is 14.1. The van der Waals surface area contributed by atoms with Crippen molar-refractivity contribution in [2.24, 2.45) is 22.6 Å². The zero-order valence-electron chi connectivity index (χ0n) is 12.5. The minimum atomic E-state index is -0.413. The number of hydrogen-bond acceptors (Lipinski definition) is 3. The molecule has 0 bridgehead atoms. The summed E-state index contributed by atoms with van der Waals surface area (Å²) in [5.74, 6) is 5.93. The molecule has 1 amide bonds. The van der Waals surface area contributed by atoms with Gasteiger partial charge in [0, 0.05) is 6.54 Å². The fourth-order valence-corrected chi connectivity index (χ4v) is 2.78. The molecule has 0 aromatic heterocycles. The summed E-state index contributed by atoms with van der Waals surface area (Å²) in [5, 5.41) is 0. The highest BCUT2D eigenvalue weighted by atomic mass is 16.2. The first-order chi connectivity index (χ1) is 8.16. The third kappa shape index (κ3) is 3.95. The number of nitrogens with two attached hydrogens (primary N) is 1. The third-order valence-electron chi connectivity index (χ3n) is 4.18. The van der Waals surface area contributed by atoms with Gasteiger partial charge < -0.3 is 4.90 Å². The Balaban J connectivity index is 2.47. The van der Waals surface area contributed by atoms with E-state index in [1.54, 1.807) is 0 Å². The molecule has 0 unspecified atom stereocenters. The van der Waals surface area contributed by atoms with E-state index >= 15 is 0 Å². The molecule has 1 heterocycles. The minimum absolute atomic E-state index is 0.0829. The van der Waals surface area contributed by atoms with Gasteiger partial charge in [0.15, 0.2) is 0 Å². The predicted molar refractivity (Wildman–Crippen MR) is 74.7 cm³/mol. The van der Waals surface area contributed by atoms with Gasteiger partial charge in [-0.05, 0) is 51.1 Å². The van der Waals surface area contributed by atoms with Crippen LogP contribution in [0.25, 0.3) is 0 Å². The number of rotatable bonds is 3. The lowest BCUT2D eigenvalue weighted by atomic mass is 9.75. The highest BCUT2D eigenvalue weighted by Gasteiger charge is 2.33. The Kier molecular flexibility index (Phi) is 4.78. The van der Waals surface area contributed by atoms with Gasteiger partial charge in [0.1, 0.15) is 0 Å². The molecule has 106 valence electrons. The summed E-state index contributed by atoms with van der Waals surface area (Å²) < 4.78 is 0. The van der Waals surface area contributed by atoms with Crippen LogP contribution in [0.5, 0.6) is 0 Å². The smallest absolute Gasteiger partial charge is 0.240 e. The van der Waals surface area contributed by atoms with E-state index in [0.29, 0.717) is 5.41 Å². The highest BCUT2D eigenvalue weighted by molar-refractivity contribution is 5.81. The van der Waals surface area contributed by atoms with E-state index in [2.05, 4.69) is 31.1 Å². The molecule has 4 heteroatoms. The van der Waals surface area contributed by atoms with E-state index in [9.17, 15) is 4.79 Å². The van der Waals surface area contributed by atoms with Gasteiger partial charge in [0.2, 0.25) is 5.91 Å². The van der Waals surface area contributed by atoms with E-state index in [4.69, 9.17) is 5.84 Å². The normalized spacial score (nSPS) is 19.9. The molecule has 1 fully saturated rings. The number of amides is 1. The molecule has 0 radical (unpaired) electrons. The molecule has 0 saturated carbocycles. The van der Waals surface area contributed by atoms with Crippen LogP contribution in [0.15, 0.2) is 0 Å².